The number of hydrogen-bond acceptors (Lipinski definition) is 3. The second kappa shape index (κ2) is 11.3. The molecule has 0 radical (unpaired) electrons. The molecule has 0 aromatic heterocycles. The maximum absolute atomic E-state index is 15.8. The van der Waals surface area contributed by atoms with E-state index in [-0.39, 0.29) is 23.9 Å². The summed E-state index contributed by atoms with van der Waals surface area (Å²) in [5.41, 5.74) is 2.57. The quantitative estimate of drug-likeness (QED) is 0.375. The fourth-order valence-electron chi connectivity index (χ4n) is 4.27. The summed E-state index contributed by atoms with van der Waals surface area (Å²) in [6, 6.07) is 28.9. The van der Waals surface area contributed by atoms with Gasteiger partial charge in [0.25, 0.3) is 0 Å². The maximum atomic E-state index is 15.8. The van der Waals surface area contributed by atoms with Crippen molar-refractivity contribution in [3.05, 3.63) is 113 Å². The summed E-state index contributed by atoms with van der Waals surface area (Å²) < 4.78 is 34.8. The average Bonchev–Trinajstić information content (AvgIpc) is 2.88. The second-order valence-electron chi connectivity index (χ2n) is 8.45. The topological polar surface area (TPSA) is 27.7 Å². The van der Waals surface area contributed by atoms with E-state index in [0.717, 1.165) is 17.5 Å². The zero-order chi connectivity index (χ0) is 23.0. The molecule has 172 valence electrons. The number of benzene rings is 3. The van der Waals surface area contributed by atoms with Crippen LogP contribution in [0.25, 0.3) is 5.83 Å². The van der Waals surface area contributed by atoms with E-state index >= 15 is 4.39 Å². The Hall–Kier alpha value is -2.95. The first-order chi connectivity index (χ1) is 16.2. The zero-order valence-corrected chi connectivity index (χ0v) is 19.2. The van der Waals surface area contributed by atoms with Crippen molar-refractivity contribution in [2.75, 3.05) is 0 Å². The lowest BCUT2D eigenvalue weighted by Gasteiger charge is -2.42. The molecule has 2 unspecified atom stereocenters. The van der Waals surface area contributed by atoms with E-state index in [0.29, 0.717) is 18.8 Å². The molecule has 3 aromatic carbocycles. The molecule has 0 bridgehead atoms. The molecule has 3 nitrogen and oxygen atoms in total. The smallest absolute Gasteiger partial charge is 0.170 e. The van der Waals surface area contributed by atoms with Gasteiger partial charge >= 0.3 is 0 Å². The molecular weight excluding hydrogens is 415 g/mol. The van der Waals surface area contributed by atoms with Crippen LogP contribution in [0.5, 0.6) is 0 Å². The Kier molecular flexibility index (Phi) is 7.92. The second-order valence-corrected chi connectivity index (χ2v) is 8.45. The van der Waals surface area contributed by atoms with Gasteiger partial charge in [0.2, 0.25) is 0 Å². The van der Waals surface area contributed by atoms with Crippen LogP contribution in [0.15, 0.2) is 96.8 Å². The summed E-state index contributed by atoms with van der Waals surface area (Å²) >= 11 is 0. The third-order valence-electron chi connectivity index (χ3n) is 6.14. The minimum absolute atomic E-state index is 0.0341. The molecule has 0 spiro atoms. The van der Waals surface area contributed by atoms with Gasteiger partial charge in [0.15, 0.2) is 11.6 Å². The van der Waals surface area contributed by atoms with Crippen molar-refractivity contribution < 1.29 is 18.6 Å². The summed E-state index contributed by atoms with van der Waals surface area (Å²) in [4.78, 5) is 0. The molecule has 1 aliphatic rings. The van der Waals surface area contributed by atoms with Crippen LogP contribution in [0.3, 0.4) is 0 Å². The normalized spacial score (nSPS) is 24.2. The summed E-state index contributed by atoms with van der Waals surface area (Å²) in [5.74, 6) is -0.140. The van der Waals surface area contributed by atoms with Crippen LogP contribution in [-0.4, -0.2) is 18.3 Å². The third-order valence-corrected chi connectivity index (χ3v) is 6.14. The van der Waals surface area contributed by atoms with E-state index in [9.17, 15) is 0 Å². The Balaban J connectivity index is 1.67. The summed E-state index contributed by atoms with van der Waals surface area (Å²) in [5, 5.41) is 0. The van der Waals surface area contributed by atoms with Crippen molar-refractivity contribution in [3.63, 3.8) is 0 Å². The van der Waals surface area contributed by atoms with E-state index in [1.807, 2.05) is 78.9 Å². The minimum Gasteiger partial charge on any atom is -0.488 e. The molecule has 0 aliphatic carbocycles. The molecule has 0 saturated carbocycles. The molecule has 4 heteroatoms. The van der Waals surface area contributed by atoms with E-state index < -0.39 is 11.9 Å². The number of halogens is 1. The lowest BCUT2D eigenvalue weighted by Crippen LogP contribution is -2.49. The average molecular weight is 447 g/mol. The lowest BCUT2D eigenvalue weighted by molar-refractivity contribution is -0.167. The molecule has 4 rings (SSSR count). The summed E-state index contributed by atoms with van der Waals surface area (Å²) in [6.45, 7) is 4.92. The van der Waals surface area contributed by atoms with Gasteiger partial charge < -0.3 is 14.2 Å². The summed E-state index contributed by atoms with van der Waals surface area (Å²) in [7, 11) is 0. The van der Waals surface area contributed by atoms with Gasteiger partial charge in [-0.05, 0) is 17.5 Å². The van der Waals surface area contributed by atoms with Gasteiger partial charge in [0, 0.05) is 11.5 Å². The first kappa shape index (κ1) is 23.2. The van der Waals surface area contributed by atoms with Gasteiger partial charge in [-0.2, -0.15) is 0 Å². The highest BCUT2D eigenvalue weighted by Crippen LogP contribution is 2.38. The third kappa shape index (κ3) is 5.70. The Labute approximate surface area is 195 Å². The van der Waals surface area contributed by atoms with Gasteiger partial charge in [0.05, 0.1) is 19.3 Å². The van der Waals surface area contributed by atoms with Crippen molar-refractivity contribution in [1.82, 2.24) is 0 Å². The summed E-state index contributed by atoms with van der Waals surface area (Å²) in [6.07, 6.45) is -0.417. The van der Waals surface area contributed by atoms with Crippen LogP contribution >= 0.6 is 0 Å². The van der Waals surface area contributed by atoms with Crippen molar-refractivity contribution in [1.29, 1.82) is 0 Å². The molecule has 33 heavy (non-hydrogen) atoms. The fourth-order valence-corrected chi connectivity index (χ4v) is 4.27. The van der Waals surface area contributed by atoms with Crippen molar-refractivity contribution in [2.24, 2.45) is 5.92 Å². The van der Waals surface area contributed by atoms with Gasteiger partial charge in [0.1, 0.15) is 12.2 Å². The standard InChI is InChI=1S/C29H31FO3/c1-3-25-21(2)27(31-19-22-13-7-4-8-14-22)29(32-20-23-15-9-5-10-16-23)28(33-25)26(30)24-17-11-6-12-18-24/h4-18,21,25,27,29H,3,19-20H2,1-2H3/t21-,25+,27?,29?/m0/s1. The Morgan fingerprint density at radius 3 is 1.85 bits per heavy atom. The molecule has 1 fully saturated rings. The van der Waals surface area contributed by atoms with Crippen molar-refractivity contribution >= 4 is 5.83 Å². The van der Waals surface area contributed by atoms with Crippen LogP contribution in [0.4, 0.5) is 4.39 Å². The highest BCUT2D eigenvalue weighted by Gasteiger charge is 2.44. The van der Waals surface area contributed by atoms with E-state index in [1.54, 1.807) is 12.1 Å². The van der Waals surface area contributed by atoms with Gasteiger partial charge in [-0.15, -0.1) is 0 Å². The molecule has 4 atom stereocenters. The van der Waals surface area contributed by atoms with E-state index in [4.69, 9.17) is 14.2 Å². The Morgan fingerprint density at radius 1 is 0.788 bits per heavy atom. The molecule has 0 N–H and O–H groups in total. The number of rotatable bonds is 8. The molecule has 1 aliphatic heterocycles. The van der Waals surface area contributed by atoms with Gasteiger partial charge in [-0.25, -0.2) is 4.39 Å². The number of hydrogen-bond donors (Lipinski definition) is 0. The molecule has 1 heterocycles. The van der Waals surface area contributed by atoms with Crippen molar-refractivity contribution in [2.45, 2.75) is 51.8 Å². The first-order valence-electron chi connectivity index (χ1n) is 11.6. The number of ether oxygens (including phenoxy) is 3. The molecular formula is C29H31FO3. The van der Waals surface area contributed by atoms with E-state index in [2.05, 4.69) is 13.8 Å². The zero-order valence-electron chi connectivity index (χ0n) is 19.2. The highest BCUT2D eigenvalue weighted by molar-refractivity contribution is 5.62. The van der Waals surface area contributed by atoms with Crippen LogP contribution in [0.2, 0.25) is 0 Å². The van der Waals surface area contributed by atoms with E-state index in [1.165, 1.54) is 0 Å². The predicted molar refractivity (Wildman–Crippen MR) is 129 cm³/mol. The van der Waals surface area contributed by atoms with Crippen LogP contribution < -0.4 is 0 Å². The van der Waals surface area contributed by atoms with Gasteiger partial charge in [-0.1, -0.05) is 105 Å². The van der Waals surface area contributed by atoms with Crippen molar-refractivity contribution in [3.8, 4) is 0 Å². The molecule has 1 saturated heterocycles. The SMILES string of the molecule is CC[C@H]1OC(=C(F)c2ccccc2)C(OCc2ccccc2)C(OCc2ccccc2)[C@H]1C. The monoisotopic (exact) mass is 446 g/mol. The predicted octanol–water partition coefficient (Wildman–Crippen LogP) is 6.94. The molecule has 0 amide bonds. The Morgan fingerprint density at radius 2 is 1.30 bits per heavy atom. The molecule has 3 aromatic rings. The van der Waals surface area contributed by atoms with Gasteiger partial charge in [-0.3, -0.25) is 0 Å². The maximum Gasteiger partial charge on any atom is 0.170 e. The van der Waals surface area contributed by atoms with Crippen LogP contribution in [-0.2, 0) is 27.4 Å². The fraction of sp³-hybridized carbons (Fsp3) is 0.310. The Bertz CT molecular complexity index is 1020. The highest BCUT2D eigenvalue weighted by atomic mass is 19.1. The minimum atomic E-state index is -0.660. The van der Waals surface area contributed by atoms with Crippen LogP contribution in [0, 0.1) is 5.92 Å². The van der Waals surface area contributed by atoms with Crippen LogP contribution in [0.1, 0.15) is 37.0 Å². The largest absolute Gasteiger partial charge is 0.488 e. The first-order valence-corrected chi connectivity index (χ1v) is 11.6. The lowest BCUT2D eigenvalue weighted by atomic mass is 9.87.